The summed E-state index contributed by atoms with van der Waals surface area (Å²) < 4.78 is 0. The molecule has 0 radical (unpaired) electrons. The molecule has 1 aliphatic heterocycles. The largest absolute Gasteiger partial charge is 0.329 e. The van der Waals surface area contributed by atoms with Crippen molar-refractivity contribution >= 4 is 0 Å². The van der Waals surface area contributed by atoms with E-state index >= 15 is 0 Å². The number of nitrogens with one attached hydrogen (secondary N) is 1. The lowest BCUT2D eigenvalue weighted by Gasteiger charge is -2.22. The maximum atomic E-state index is 5.71. The molecule has 0 bridgehead atoms. The van der Waals surface area contributed by atoms with E-state index in [1.165, 1.54) is 19.5 Å². The molecule has 0 saturated carbocycles. The van der Waals surface area contributed by atoms with Crippen molar-refractivity contribution in [3.8, 4) is 0 Å². The summed E-state index contributed by atoms with van der Waals surface area (Å²) in [6.07, 6.45) is 1.33. The molecule has 1 rings (SSSR count). The predicted octanol–water partition coefficient (Wildman–Crippen LogP) is 0.511. The standard InChI is InChI=1S/C11H25N3/c1-9(2)11(6-12)13-7-10-4-5-14(3)8-10/h9-11,13H,4-8,12H2,1-3H3. The van der Waals surface area contributed by atoms with Crippen LogP contribution < -0.4 is 11.1 Å². The van der Waals surface area contributed by atoms with Gasteiger partial charge >= 0.3 is 0 Å². The zero-order valence-corrected chi connectivity index (χ0v) is 9.79. The third-order valence-electron chi connectivity index (χ3n) is 3.22. The highest BCUT2D eigenvalue weighted by Crippen LogP contribution is 2.13. The fourth-order valence-corrected chi connectivity index (χ4v) is 2.10. The van der Waals surface area contributed by atoms with Crippen molar-refractivity contribution in [3.05, 3.63) is 0 Å². The summed E-state index contributed by atoms with van der Waals surface area (Å²) in [5, 5.41) is 3.58. The van der Waals surface area contributed by atoms with Crippen molar-refractivity contribution in [1.29, 1.82) is 0 Å². The number of nitrogens with two attached hydrogens (primary N) is 1. The van der Waals surface area contributed by atoms with Crippen LogP contribution in [-0.4, -0.2) is 44.2 Å². The first-order chi connectivity index (χ1) is 6.63. The summed E-state index contributed by atoms with van der Waals surface area (Å²) in [4.78, 5) is 2.40. The lowest BCUT2D eigenvalue weighted by molar-refractivity contribution is 0.352. The lowest BCUT2D eigenvalue weighted by atomic mass is 10.0. The van der Waals surface area contributed by atoms with Crippen LogP contribution in [0.2, 0.25) is 0 Å². The summed E-state index contributed by atoms with van der Waals surface area (Å²) in [6.45, 7) is 8.82. The van der Waals surface area contributed by atoms with E-state index in [9.17, 15) is 0 Å². The molecule has 14 heavy (non-hydrogen) atoms. The van der Waals surface area contributed by atoms with Crippen molar-refractivity contribution in [2.24, 2.45) is 17.6 Å². The Kier molecular flexibility index (Phi) is 4.85. The third kappa shape index (κ3) is 3.56. The van der Waals surface area contributed by atoms with Gasteiger partial charge in [0.15, 0.2) is 0 Å². The molecule has 3 nitrogen and oxygen atoms in total. The van der Waals surface area contributed by atoms with Gasteiger partial charge in [-0.15, -0.1) is 0 Å². The van der Waals surface area contributed by atoms with Crippen LogP contribution in [0.15, 0.2) is 0 Å². The minimum absolute atomic E-state index is 0.487. The molecular formula is C11H25N3. The van der Waals surface area contributed by atoms with Gasteiger partial charge in [-0.3, -0.25) is 0 Å². The van der Waals surface area contributed by atoms with Crippen molar-refractivity contribution in [2.45, 2.75) is 26.3 Å². The van der Waals surface area contributed by atoms with Crippen molar-refractivity contribution in [3.63, 3.8) is 0 Å². The maximum Gasteiger partial charge on any atom is 0.0213 e. The normalized spacial score (nSPS) is 25.9. The number of rotatable bonds is 5. The van der Waals surface area contributed by atoms with Crippen LogP contribution in [-0.2, 0) is 0 Å². The Morgan fingerprint density at radius 3 is 2.64 bits per heavy atom. The van der Waals surface area contributed by atoms with Gasteiger partial charge in [0.2, 0.25) is 0 Å². The Hall–Kier alpha value is -0.120. The second-order valence-corrected chi connectivity index (χ2v) is 4.91. The molecule has 0 aromatic rings. The Labute approximate surface area is 88.0 Å². The van der Waals surface area contributed by atoms with Crippen LogP contribution in [0.3, 0.4) is 0 Å². The molecule has 2 unspecified atom stereocenters. The fourth-order valence-electron chi connectivity index (χ4n) is 2.10. The molecular weight excluding hydrogens is 174 g/mol. The number of nitrogens with zero attached hydrogens (tertiary/aromatic N) is 1. The summed E-state index contributed by atoms with van der Waals surface area (Å²) >= 11 is 0. The van der Waals surface area contributed by atoms with Crippen LogP contribution in [0.1, 0.15) is 20.3 Å². The molecule has 84 valence electrons. The topological polar surface area (TPSA) is 41.3 Å². The first-order valence-corrected chi connectivity index (χ1v) is 5.75. The van der Waals surface area contributed by atoms with Gasteiger partial charge in [-0.1, -0.05) is 13.8 Å². The van der Waals surface area contributed by atoms with E-state index in [-0.39, 0.29) is 0 Å². The summed E-state index contributed by atoms with van der Waals surface area (Å²) in [6, 6.07) is 0.487. The number of likely N-dealkylation sites (tertiary alicyclic amines) is 1. The molecule has 0 amide bonds. The van der Waals surface area contributed by atoms with Crippen molar-refractivity contribution in [1.82, 2.24) is 10.2 Å². The van der Waals surface area contributed by atoms with Crippen LogP contribution in [0, 0.1) is 11.8 Å². The van der Waals surface area contributed by atoms with E-state index in [4.69, 9.17) is 5.73 Å². The Balaban J connectivity index is 2.18. The van der Waals surface area contributed by atoms with Crippen LogP contribution in [0.5, 0.6) is 0 Å². The molecule has 0 aromatic carbocycles. The quantitative estimate of drug-likeness (QED) is 0.678. The maximum absolute atomic E-state index is 5.71. The lowest BCUT2D eigenvalue weighted by Crippen LogP contribution is -2.42. The van der Waals surface area contributed by atoms with E-state index in [1.807, 2.05) is 0 Å². The van der Waals surface area contributed by atoms with E-state index in [0.29, 0.717) is 12.0 Å². The molecule has 0 aliphatic carbocycles. The van der Waals surface area contributed by atoms with Gasteiger partial charge in [-0.05, 0) is 38.4 Å². The molecule has 0 aromatic heterocycles. The van der Waals surface area contributed by atoms with Gasteiger partial charge in [0.1, 0.15) is 0 Å². The van der Waals surface area contributed by atoms with E-state index in [2.05, 4.69) is 31.1 Å². The molecule has 1 fully saturated rings. The molecule has 1 aliphatic rings. The predicted molar refractivity (Wildman–Crippen MR) is 61.3 cm³/mol. The zero-order valence-electron chi connectivity index (χ0n) is 9.79. The highest BCUT2D eigenvalue weighted by Gasteiger charge is 2.20. The highest BCUT2D eigenvalue weighted by atomic mass is 15.1. The number of hydrogen-bond acceptors (Lipinski definition) is 3. The average molecular weight is 199 g/mol. The van der Waals surface area contributed by atoms with Crippen molar-refractivity contribution < 1.29 is 0 Å². The Bertz CT molecular complexity index is 159. The molecule has 2 atom stereocenters. The Morgan fingerprint density at radius 1 is 1.50 bits per heavy atom. The van der Waals surface area contributed by atoms with E-state index < -0.39 is 0 Å². The molecule has 0 spiro atoms. The summed E-state index contributed by atoms with van der Waals surface area (Å²) in [7, 11) is 2.20. The second-order valence-electron chi connectivity index (χ2n) is 4.91. The molecule has 3 heteroatoms. The Morgan fingerprint density at radius 2 is 2.21 bits per heavy atom. The number of hydrogen-bond donors (Lipinski definition) is 2. The first kappa shape index (κ1) is 12.0. The third-order valence-corrected chi connectivity index (χ3v) is 3.22. The van der Waals surface area contributed by atoms with E-state index in [1.54, 1.807) is 0 Å². The van der Waals surface area contributed by atoms with Gasteiger partial charge < -0.3 is 16.0 Å². The van der Waals surface area contributed by atoms with Crippen LogP contribution in [0.25, 0.3) is 0 Å². The SMILES string of the molecule is CC(C)C(CN)NCC1CCN(C)C1. The first-order valence-electron chi connectivity index (χ1n) is 5.75. The molecule has 1 saturated heterocycles. The average Bonchev–Trinajstić information content (AvgIpc) is 2.52. The molecule has 3 N–H and O–H groups in total. The van der Waals surface area contributed by atoms with Crippen molar-refractivity contribution in [2.75, 3.05) is 33.2 Å². The van der Waals surface area contributed by atoms with E-state index in [0.717, 1.165) is 19.0 Å². The second kappa shape index (κ2) is 5.69. The monoisotopic (exact) mass is 199 g/mol. The smallest absolute Gasteiger partial charge is 0.0213 e. The summed E-state index contributed by atoms with van der Waals surface area (Å²) in [5.74, 6) is 1.46. The van der Waals surface area contributed by atoms with Crippen LogP contribution >= 0.6 is 0 Å². The minimum atomic E-state index is 0.487. The van der Waals surface area contributed by atoms with Gasteiger partial charge in [0.05, 0.1) is 0 Å². The van der Waals surface area contributed by atoms with Crippen LogP contribution in [0.4, 0.5) is 0 Å². The minimum Gasteiger partial charge on any atom is -0.329 e. The van der Waals surface area contributed by atoms with Gasteiger partial charge in [0.25, 0.3) is 0 Å². The summed E-state index contributed by atoms with van der Waals surface area (Å²) in [5.41, 5.74) is 5.71. The van der Waals surface area contributed by atoms with Gasteiger partial charge in [-0.2, -0.15) is 0 Å². The van der Waals surface area contributed by atoms with Gasteiger partial charge in [-0.25, -0.2) is 0 Å². The zero-order chi connectivity index (χ0) is 10.6. The highest BCUT2D eigenvalue weighted by molar-refractivity contribution is 4.78. The fraction of sp³-hybridized carbons (Fsp3) is 1.00. The molecule has 1 heterocycles. The van der Waals surface area contributed by atoms with Gasteiger partial charge in [0, 0.05) is 19.1 Å².